The van der Waals surface area contributed by atoms with Crippen molar-refractivity contribution in [3.63, 3.8) is 0 Å². The van der Waals surface area contributed by atoms with Gasteiger partial charge in [0.1, 0.15) is 5.69 Å². The number of hydrogen-bond acceptors (Lipinski definition) is 4. The highest BCUT2D eigenvalue weighted by molar-refractivity contribution is 7.09. The van der Waals surface area contributed by atoms with Gasteiger partial charge in [0.05, 0.1) is 5.01 Å². The van der Waals surface area contributed by atoms with E-state index in [-0.39, 0.29) is 5.91 Å². The van der Waals surface area contributed by atoms with Crippen LogP contribution in [-0.2, 0) is 6.42 Å². The summed E-state index contributed by atoms with van der Waals surface area (Å²) in [5, 5.41) is 2.94. The fourth-order valence-corrected chi connectivity index (χ4v) is 4.80. The van der Waals surface area contributed by atoms with Crippen LogP contribution < -0.4 is 0 Å². The van der Waals surface area contributed by atoms with E-state index in [9.17, 15) is 4.79 Å². The molecule has 1 aromatic heterocycles. The minimum absolute atomic E-state index is 0.0557. The van der Waals surface area contributed by atoms with Crippen molar-refractivity contribution in [1.82, 2.24) is 14.8 Å². The lowest BCUT2D eigenvalue weighted by Crippen LogP contribution is -2.42. The predicted molar refractivity (Wildman–Crippen MR) is 117 cm³/mol. The van der Waals surface area contributed by atoms with E-state index in [1.54, 1.807) is 11.3 Å². The summed E-state index contributed by atoms with van der Waals surface area (Å²) >= 11 is 1.59. The minimum Gasteiger partial charge on any atom is -0.340 e. The number of likely N-dealkylation sites (tertiary alicyclic amines) is 1. The largest absolute Gasteiger partial charge is 0.340 e. The lowest BCUT2D eigenvalue weighted by atomic mass is 9.96. The molecule has 152 valence electrons. The van der Waals surface area contributed by atoms with E-state index in [1.807, 2.05) is 17.3 Å². The number of benzene rings is 1. The van der Waals surface area contributed by atoms with E-state index < -0.39 is 0 Å². The van der Waals surface area contributed by atoms with E-state index in [0.717, 1.165) is 31.1 Å². The standard InChI is InChI=1S/C23H33N3OS/c1-17(2)22-24-21(16-28-22)23(27)25(4)14-19-9-7-12-26(15-19)13-11-20-10-6-5-8-18(20)3/h5-6,8,10,16-17,19H,7,9,11-15H2,1-4H3. The third-order valence-electron chi connectivity index (χ3n) is 5.68. The number of thiazole rings is 1. The molecule has 1 fully saturated rings. The molecule has 1 atom stereocenters. The van der Waals surface area contributed by atoms with Gasteiger partial charge in [-0.05, 0) is 49.8 Å². The summed E-state index contributed by atoms with van der Waals surface area (Å²) in [6, 6.07) is 8.67. The molecule has 1 aliphatic rings. The zero-order chi connectivity index (χ0) is 20.1. The minimum atomic E-state index is 0.0557. The maximum atomic E-state index is 12.7. The summed E-state index contributed by atoms with van der Waals surface area (Å²) in [6.45, 7) is 10.6. The number of piperidine rings is 1. The zero-order valence-electron chi connectivity index (χ0n) is 17.6. The van der Waals surface area contributed by atoms with Crippen LogP contribution in [0.3, 0.4) is 0 Å². The Balaban J connectivity index is 1.51. The normalized spacial score (nSPS) is 17.8. The van der Waals surface area contributed by atoms with Gasteiger partial charge in [-0.15, -0.1) is 11.3 Å². The maximum absolute atomic E-state index is 12.7. The van der Waals surface area contributed by atoms with Crippen LogP contribution in [0.5, 0.6) is 0 Å². The molecule has 0 spiro atoms. The van der Waals surface area contributed by atoms with Crippen molar-refractivity contribution < 1.29 is 4.79 Å². The summed E-state index contributed by atoms with van der Waals surface area (Å²) in [6.07, 6.45) is 3.52. The number of nitrogens with zero attached hydrogens (tertiary/aromatic N) is 3. The number of rotatable bonds is 7. The fraction of sp³-hybridized carbons (Fsp3) is 0.565. The average molecular weight is 400 g/mol. The molecule has 1 saturated heterocycles. The van der Waals surface area contributed by atoms with Crippen LogP contribution in [-0.4, -0.2) is 53.9 Å². The summed E-state index contributed by atoms with van der Waals surface area (Å²) in [7, 11) is 1.92. The predicted octanol–water partition coefficient (Wildman–Crippen LogP) is 4.60. The van der Waals surface area contributed by atoms with Crippen molar-refractivity contribution >= 4 is 17.2 Å². The molecule has 2 heterocycles. The molecule has 4 nitrogen and oxygen atoms in total. The van der Waals surface area contributed by atoms with Crippen molar-refractivity contribution in [2.24, 2.45) is 5.92 Å². The average Bonchev–Trinajstić information content (AvgIpc) is 3.17. The number of carbonyl (C=O) groups excluding carboxylic acids is 1. The first-order valence-electron chi connectivity index (χ1n) is 10.4. The zero-order valence-corrected chi connectivity index (χ0v) is 18.5. The van der Waals surface area contributed by atoms with Gasteiger partial charge < -0.3 is 9.80 Å². The smallest absolute Gasteiger partial charge is 0.273 e. The third kappa shape index (κ3) is 5.42. The molecule has 1 aromatic carbocycles. The molecule has 0 saturated carbocycles. The topological polar surface area (TPSA) is 36.4 Å². The van der Waals surface area contributed by atoms with Crippen LogP contribution in [0.1, 0.15) is 59.2 Å². The summed E-state index contributed by atoms with van der Waals surface area (Å²) in [5.74, 6) is 0.972. The van der Waals surface area contributed by atoms with Crippen LogP contribution in [0.25, 0.3) is 0 Å². The van der Waals surface area contributed by atoms with Crippen molar-refractivity contribution in [3.05, 3.63) is 51.5 Å². The van der Waals surface area contributed by atoms with Gasteiger partial charge in [0.15, 0.2) is 0 Å². The first kappa shape index (κ1) is 21.0. The molecule has 0 bridgehead atoms. The second kappa shape index (κ2) is 9.66. The van der Waals surface area contributed by atoms with Crippen molar-refractivity contribution in [2.45, 2.75) is 46.0 Å². The third-order valence-corrected chi connectivity index (χ3v) is 6.82. The Morgan fingerprint density at radius 2 is 2.14 bits per heavy atom. The van der Waals surface area contributed by atoms with Crippen LogP contribution in [0.4, 0.5) is 0 Å². The first-order valence-corrected chi connectivity index (χ1v) is 11.3. The van der Waals surface area contributed by atoms with E-state index in [2.05, 4.69) is 54.9 Å². The van der Waals surface area contributed by atoms with E-state index in [1.165, 1.54) is 30.5 Å². The molecule has 2 aromatic rings. The number of hydrogen-bond donors (Lipinski definition) is 0. The number of aryl methyl sites for hydroxylation is 1. The van der Waals surface area contributed by atoms with Gasteiger partial charge in [-0.1, -0.05) is 38.1 Å². The maximum Gasteiger partial charge on any atom is 0.273 e. The molecule has 0 aliphatic carbocycles. The lowest BCUT2D eigenvalue weighted by Gasteiger charge is -2.34. The van der Waals surface area contributed by atoms with Crippen LogP contribution in [0.2, 0.25) is 0 Å². The highest BCUT2D eigenvalue weighted by atomic mass is 32.1. The lowest BCUT2D eigenvalue weighted by molar-refractivity contribution is 0.0725. The van der Waals surface area contributed by atoms with Crippen molar-refractivity contribution in [2.75, 3.05) is 33.2 Å². The van der Waals surface area contributed by atoms with E-state index in [0.29, 0.717) is 17.5 Å². The molecule has 1 amide bonds. The molecule has 1 unspecified atom stereocenters. The van der Waals surface area contributed by atoms with Crippen molar-refractivity contribution in [1.29, 1.82) is 0 Å². The van der Waals surface area contributed by atoms with Gasteiger partial charge in [-0.2, -0.15) is 0 Å². The Kier molecular flexibility index (Phi) is 7.24. The number of aromatic nitrogens is 1. The number of carbonyl (C=O) groups is 1. The highest BCUT2D eigenvalue weighted by Crippen LogP contribution is 2.22. The summed E-state index contributed by atoms with van der Waals surface area (Å²) in [5.41, 5.74) is 3.43. The SMILES string of the molecule is Cc1ccccc1CCN1CCCC(CN(C)C(=O)c2csc(C(C)C)n2)C1. The molecule has 0 radical (unpaired) electrons. The Bertz CT molecular complexity index is 786. The highest BCUT2D eigenvalue weighted by Gasteiger charge is 2.24. The van der Waals surface area contributed by atoms with Crippen LogP contribution >= 0.6 is 11.3 Å². The van der Waals surface area contributed by atoms with Crippen LogP contribution in [0, 0.1) is 12.8 Å². The number of amides is 1. The Hall–Kier alpha value is -1.72. The van der Waals surface area contributed by atoms with Gasteiger partial charge in [0.2, 0.25) is 0 Å². The molecule has 1 aliphatic heterocycles. The van der Waals surface area contributed by atoms with Gasteiger partial charge in [0, 0.05) is 38.0 Å². The molecule has 5 heteroatoms. The van der Waals surface area contributed by atoms with Gasteiger partial charge >= 0.3 is 0 Å². The van der Waals surface area contributed by atoms with Gasteiger partial charge in [0.25, 0.3) is 5.91 Å². The molecular formula is C23H33N3OS. The molecule has 28 heavy (non-hydrogen) atoms. The Morgan fingerprint density at radius 1 is 1.36 bits per heavy atom. The van der Waals surface area contributed by atoms with Gasteiger partial charge in [-0.3, -0.25) is 4.79 Å². The molecule has 0 N–H and O–H groups in total. The quantitative estimate of drug-likeness (QED) is 0.683. The van der Waals surface area contributed by atoms with Gasteiger partial charge in [-0.25, -0.2) is 4.98 Å². The monoisotopic (exact) mass is 399 g/mol. The summed E-state index contributed by atoms with van der Waals surface area (Å²) in [4.78, 5) is 21.7. The second-order valence-electron chi connectivity index (χ2n) is 8.40. The second-order valence-corrected chi connectivity index (χ2v) is 9.29. The molecular weight excluding hydrogens is 366 g/mol. The van der Waals surface area contributed by atoms with Crippen LogP contribution in [0.15, 0.2) is 29.6 Å². The Labute approximate surface area is 173 Å². The van der Waals surface area contributed by atoms with E-state index in [4.69, 9.17) is 0 Å². The first-order chi connectivity index (χ1) is 13.4. The summed E-state index contributed by atoms with van der Waals surface area (Å²) < 4.78 is 0. The fourth-order valence-electron chi connectivity index (χ4n) is 3.99. The Morgan fingerprint density at radius 3 is 2.86 bits per heavy atom. The van der Waals surface area contributed by atoms with Crippen molar-refractivity contribution in [3.8, 4) is 0 Å². The molecule has 3 rings (SSSR count). The van der Waals surface area contributed by atoms with E-state index >= 15 is 0 Å².